The highest BCUT2D eigenvalue weighted by Crippen LogP contribution is 2.27. The number of hydrogen-bond acceptors (Lipinski definition) is 6. The van der Waals surface area contributed by atoms with E-state index in [1.807, 2.05) is 25.2 Å². The van der Waals surface area contributed by atoms with Gasteiger partial charge in [0.25, 0.3) is 0 Å². The molecule has 0 N–H and O–H groups in total. The Kier molecular flexibility index (Phi) is 4.06. The van der Waals surface area contributed by atoms with E-state index in [2.05, 4.69) is 15.1 Å². The fraction of sp³-hybridized carbons (Fsp3) is 0.200. The van der Waals surface area contributed by atoms with E-state index < -0.39 is 0 Å². The molecule has 0 fully saturated rings. The summed E-state index contributed by atoms with van der Waals surface area (Å²) in [5, 5.41) is 6.01. The quantitative estimate of drug-likeness (QED) is 0.418. The molecule has 22 heavy (non-hydrogen) atoms. The van der Waals surface area contributed by atoms with Gasteiger partial charge in [0.1, 0.15) is 11.4 Å². The second-order valence-electron chi connectivity index (χ2n) is 4.66. The summed E-state index contributed by atoms with van der Waals surface area (Å²) in [6.45, 7) is 0. The van der Waals surface area contributed by atoms with E-state index in [0.29, 0.717) is 11.3 Å². The first-order valence-electron chi connectivity index (χ1n) is 6.62. The number of benzene rings is 1. The van der Waals surface area contributed by atoms with Gasteiger partial charge in [0, 0.05) is 12.8 Å². The molecule has 0 aliphatic rings. The Hall–Kier alpha value is -2.41. The molecule has 112 valence electrons. The van der Waals surface area contributed by atoms with Crippen molar-refractivity contribution in [2.45, 2.75) is 10.8 Å². The highest BCUT2D eigenvalue weighted by Gasteiger charge is 2.10. The van der Waals surface area contributed by atoms with Gasteiger partial charge in [0.05, 0.1) is 24.3 Å². The Morgan fingerprint density at radius 3 is 3.05 bits per heavy atom. The lowest BCUT2D eigenvalue weighted by atomic mass is 10.1. The lowest BCUT2D eigenvalue weighted by Crippen LogP contribution is -2.01. The van der Waals surface area contributed by atoms with E-state index in [4.69, 9.17) is 4.74 Å². The van der Waals surface area contributed by atoms with Crippen LogP contribution in [0, 0.1) is 0 Å². The van der Waals surface area contributed by atoms with Crippen LogP contribution in [0.3, 0.4) is 0 Å². The van der Waals surface area contributed by atoms with Crippen molar-refractivity contribution in [1.82, 2.24) is 19.7 Å². The number of methoxy groups -OCH3 is 1. The fourth-order valence-electron chi connectivity index (χ4n) is 2.11. The molecule has 3 rings (SSSR count). The Morgan fingerprint density at radius 1 is 1.36 bits per heavy atom. The number of ether oxygens (including phenoxy) is 1. The zero-order chi connectivity index (χ0) is 15.5. The second-order valence-corrected chi connectivity index (χ2v) is 5.63. The molecule has 0 unspecified atom stereocenters. The van der Waals surface area contributed by atoms with Gasteiger partial charge in [-0.3, -0.25) is 4.68 Å². The molecule has 6 nitrogen and oxygen atoms in total. The summed E-state index contributed by atoms with van der Waals surface area (Å²) in [6.07, 6.45) is 3.31. The molecule has 0 aliphatic carbocycles. The standard InChI is InChI=1S/C15H14N4O2S/c1-19-13-12(7-18-19)14(17-9-16-13)22-8-10-4-3-5-11(6-10)15(20)21-2/h3-7,9H,8H2,1-2H3. The number of carbonyl (C=O) groups excluding carboxylic acids is 1. The smallest absolute Gasteiger partial charge is 0.337 e. The number of fused-ring (bicyclic) bond motifs is 1. The van der Waals surface area contributed by atoms with Crippen LogP contribution in [-0.4, -0.2) is 32.8 Å². The Bertz CT molecular complexity index is 831. The van der Waals surface area contributed by atoms with Crippen molar-refractivity contribution < 1.29 is 9.53 Å². The van der Waals surface area contributed by atoms with Crippen LogP contribution in [0.4, 0.5) is 0 Å². The lowest BCUT2D eigenvalue weighted by Gasteiger charge is -2.04. The topological polar surface area (TPSA) is 69.9 Å². The molecule has 2 heterocycles. The molecule has 0 atom stereocenters. The van der Waals surface area contributed by atoms with Gasteiger partial charge in [-0.15, -0.1) is 11.8 Å². The maximum absolute atomic E-state index is 11.6. The van der Waals surface area contributed by atoms with Gasteiger partial charge in [-0.2, -0.15) is 5.10 Å². The molecular formula is C15H14N4O2S. The molecule has 2 aromatic heterocycles. The van der Waals surface area contributed by atoms with Crippen molar-refractivity contribution in [3.63, 3.8) is 0 Å². The van der Waals surface area contributed by atoms with Crippen LogP contribution in [0.25, 0.3) is 11.0 Å². The number of rotatable bonds is 4. The molecule has 7 heteroatoms. The van der Waals surface area contributed by atoms with Crippen LogP contribution >= 0.6 is 11.8 Å². The number of esters is 1. The van der Waals surface area contributed by atoms with E-state index in [1.54, 1.807) is 28.7 Å². The molecule has 3 aromatic rings. The lowest BCUT2D eigenvalue weighted by molar-refractivity contribution is 0.0600. The van der Waals surface area contributed by atoms with Crippen LogP contribution in [0.1, 0.15) is 15.9 Å². The van der Waals surface area contributed by atoms with Crippen LogP contribution in [0.2, 0.25) is 0 Å². The van der Waals surface area contributed by atoms with Gasteiger partial charge in [0.15, 0.2) is 5.65 Å². The highest BCUT2D eigenvalue weighted by molar-refractivity contribution is 7.98. The molecule has 0 saturated heterocycles. The summed E-state index contributed by atoms with van der Waals surface area (Å²) in [5.74, 6) is 0.370. The van der Waals surface area contributed by atoms with Crippen molar-refractivity contribution in [2.75, 3.05) is 7.11 Å². The highest BCUT2D eigenvalue weighted by atomic mass is 32.2. The Balaban J connectivity index is 1.81. The predicted octanol–water partition coefficient (Wildman–Crippen LogP) is 2.44. The van der Waals surface area contributed by atoms with Gasteiger partial charge in [-0.1, -0.05) is 12.1 Å². The van der Waals surface area contributed by atoms with Crippen LogP contribution in [-0.2, 0) is 17.5 Å². The van der Waals surface area contributed by atoms with E-state index in [0.717, 1.165) is 21.6 Å². The average molecular weight is 314 g/mol. The largest absolute Gasteiger partial charge is 0.465 e. The van der Waals surface area contributed by atoms with E-state index >= 15 is 0 Å². The average Bonchev–Trinajstić information content (AvgIpc) is 2.94. The molecular weight excluding hydrogens is 300 g/mol. The van der Waals surface area contributed by atoms with Gasteiger partial charge in [-0.05, 0) is 17.7 Å². The summed E-state index contributed by atoms with van der Waals surface area (Å²) in [7, 11) is 3.23. The summed E-state index contributed by atoms with van der Waals surface area (Å²) >= 11 is 1.59. The van der Waals surface area contributed by atoms with Gasteiger partial charge < -0.3 is 4.74 Å². The monoisotopic (exact) mass is 314 g/mol. The molecule has 0 bridgehead atoms. The first-order chi connectivity index (χ1) is 10.7. The fourth-order valence-corrected chi connectivity index (χ4v) is 3.02. The maximum Gasteiger partial charge on any atom is 0.337 e. The minimum absolute atomic E-state index is 0.330. The summed E-state index contributed by atoms with van der Waals surface area (Å²) in [5.41, 5.74) is 2.39. The first-order valence-corrected chi connectivity index (χ1v) is 7.60. The third-order valence-electron chi connectivity index (χ3n) is 3.22. The zero-order valence-corrected chi connectivity index (χ0v) is 13.0. The van der Waals surface area contributed by atoms with E-state index in [-0.39, 0.29) is 5.97 Å². The normalized spacial score (nSPS) is 10.8. The van der Waals surface area contributed by atoms with Crippen molar-refractivity contribution in [3.8, 4) is 0 Å². The van der Waals surface area contributed by atoms with Gasteiger partial charge >= 0.3 is 5.97 Å². The molecule has 0 aliphatic heterocycles. The number of hydrogen-bond donors (Lipinski definition) is 0. The predicted molar refractivity (Wildman–Crippen MR) is 83.6 cm³/mol. The molecule has 1 aromatic carbocycles. The number of aromatic nitrogens is 4. The van der Waals surface area contributed by atoms with Crippen LogP contribution < -0.4 is 0 Å². The Morgan fingerprint density at radius 2 is 2.23 bits per heavy atom. The number of thioether (sulfide) groups is 1. The summed E-state index contributed by atoms with van der Waals surface area (Å²) in [4.78, 5) is 20.1. The molecule has 0 spiro atoms. The van der Waals surface area contributed by atoms with Gasteiger partial charge in [0.2, 0.25) is 0 Å². The molecule has 0 amide bonds. The number of carbonyl (C=O) groups is 1. The van der Waals surface area contributed by atoms with E-state index in [9.17, 15) is 4.79 Å². The Labute approximate surface area is 131 Å². The second kappa shape index (κ2) is 6.15. The van der Waals surface area contributed by atoms with E-state index in [1.165, 1.54) is 13.4 Å². The number of nitrogens with zero attached hydrogens (tertiary/aromatic N) is 4. The first kappa shape index (κ1) is 14.5. The van der Waals surface area contributed by atoms with Crippen LogP contribution in [0.15, 0.2) is 41.8 Å². The van der Waals surface area contributed by atoms with Crippen molar-refractivity contribution in [1.29, 1.82) is 0 Å². The SMILES string of the molecule is COC(=O)c1cccc(CSc2ncnc3c2cnn3C)c1. The summed E-state index contributed by atoms with van der Waals surface area (Å²) in [6, 6.07) is 7.40. The maximum atomic E-state index is 11.6. The third kappa shape index (κ3) is 2.80. The minimum atomic E-state index is -0.330. The van der Waals surface area contributed by atoms with Crippen LogP contribution in [0.5, 0.6) is 0 Å². The van der Waals surface area contributed by atoms with Gasteiger partial charge in [-0.25, -0.2) is 14.8 Å². The van der Waals surface area contributed by atoms with Crippen molar-refractivity contribution in [2.24, 2.45) is 7.05 Å². The minimum Gasteiger partial charge on any atom is -0.465 e. The summed E-state index contributed by atoms with van der Waals surface area (Å²) < 4.78 is 6.46. The van der Waals surface area contributed by atoms with Crippen molar-refractivity contribution >= 4 is 28.8 Å². The third-order valence-corrected chi connectivity index (χ3v) is 4.29. The molecule has 0 radical (unpaired) electrons. The van der Waals surface area contributed by atoms with Crippen molar-refractivity contribution in [3.05, 3.63) is 47.9 Å². The molecule has 0 saturated carbocycles. The zero-order valence-electron chi connectivity index (χ0n) is 12.2. The number of aryl methyl sites for hydroxylation is 1.